The van der Waals surface area contributed by atoms with Crippen molar-refractivity contribution in [3.63, 3.8) is 0 Å². The Kier molecular flexibility index (Phi) is 3.52. The molecule has 0 fully saturated rings. The van der Waals surface area contributed by atoms with E-state index in [1.807, 2.05) is 30.3 Å². The predicted octanol–water partition coefficient (Wildman–Crippen LogP) is 2.53. The molecule has 0 unspecified atom stereocenters. The number of hydrogen-bond donors (Lipinski definition) is 5. The molecule has 0 aliphatic heterocycles. The number of ketones is 2. The van der Waals surface area contributed by atoms with Gasteiger partial charge in [0.25, 0.3) is 0 Å². The third kappa shape index (κ3) is 2.36. The van der Waals surface area contributed by atoms with Crippen molar-refractivity contribution in [2.24, 2.45) is 0 Å². The van der Waals surface area contributed by atoms with Gasteiger partial charge in [0.1, 0.15) is 0 Å². The molecule has 27 heavy (non-hydrogen) atoms. The highest BCUT2D eigenvalue weighted by atomic mass is 16.1. The van der Waals surface area contributed by atoms with E-state index in [0.29, 0.717) is 5.69 Å². The van der Waals surface area contributed by atoms with Crippen LogP contribution in [0.25, 0.3) is 0 Å². The topological polar surface area (TPSA) is 150 Å². The standard InChI is InChI=1S/C20H17N5O2/c21-10-6-7-11(22)15-14(10)19(26)16-12(23)8-13(18(24)17(16)20(15)27)25-9-4-2-1-3-5-9/h1-8,25H,21-24H2. The number of nitrogens with one attached hydrogen (secondary N) is 1. The van der Waals surface area contributed by atoms with E-state index in [0.717, 1.165) is 5.69 Å². The molecule has 1 aliphatic rings. The van der Waals surface area contributed by atoms with Crippen molar-refractivity contribution in [1.29, 1.82) is 0 Å². The molecule has 4 rings (SSSR count). The first kappa shape index (κ1) is 16.5. The summed E-state index contributed by atoms with van der Waals surface area (Å²) in [6, 6.07) is 13.8. The van der Waals surface area contributed by atoms with Gasteiger partial charge in [-0.3, -0.25) is 9.59 Å². The van der Waals surface area contributed by atoms with Crippen LogP contribution in [0.15, 0.2) is 48.5 Å². The van der Waals surface area contributed by atoms with Crippen LogP contribution in [0.5, 0.6) is 0 Å². The highest BCUT2D eigenvalue weighted by Crippen LogP contribution is 2.42. The number of fused-ring (bicyclic) bond motifs is 2. The number of nitrogen functional groups attached to an aromatic ring is 4. The Labute approximate surface area is 155 Å². The van der Waals surface area contributed by atoms with E-state index in [-0.39, 0.29) is 45.0 Å². The maximum absolute atomic E-state index is 13.2. The zero-order chi connectivity index (χ0) is 19.3. The molecule has 134 valence electrons. The number of rotatable bonds is 2. The Bertz CT molecular complexity index is 1120. The summed E-state index contributed by atoms with van der Waals surface area (Å²) in [7, 11) is 0. The van der Waals surface area contributed by atoms with Crippen LogP contribution in [0.1, 0.15) is 31.8 Å². The minimum Gasteiger partial charge on any atom is -0.398 e. The number of anilines is 6. The van der Waals surface area contributed by atoms with Gasteiger partial charge in [-0.2, -0.15) is 0 Å². The molecule has 7 heteroatoms. The zero-order valence-electron chi connectivity index (χ0n) is 14.2. The highest BCUT2D eigenvalue weighted by molar-refractivity contribution is 6.35. The van der Waals surface area contributed by atoms with Crippen molar-refractivity contribution in [3.8, 4) is 0 Å². The molecule has 0 spiro atoms. The summed E-state index contributed by atoms with van der Waals surface area (Å²) >= 11 is 0. The van der Waals surface area contributed by atoms with Crippen molar-refractivity contribution in [2.75, 3.05) is 28.3 Å². The lowest BCUT2D eigenvalue weighted by atomic mass is 9.80. The molecular weight excluding hydrogens is 342 g/mol. The van der Waals surface area contributed by atoms with E-state index < -0.39 is 11.6 Å². The van der Waals surface area contributed by atoms with E-state index in [1.165, 1.54) is 12.1 Å². The smallest absolute Gasteiger partial charge is 0.198 e. The van der Waals surface area contributed by atoms with Gasteiger partial charge in [-0.05, 0) is 30.3 Å². The van der Waals surface area contributed by atoms with Gasteiger partial charge in [-0.15, -0.1) is 0 Å². The fraction of sp³-hybridized carbons (Fsp3) is 0. The first-order valence-electron chi connectivity index (χ1n) is 8.21. The van der Waals surface area contributed by atoms with Crippen LogP contribution in [-0.4, -0.2) is 11.6 Å². The van der Waals surface area contributed by atoms with Crippen molar-refractivity contribution in [3.05, 3.63) is 70.8 Å². The fourth-order valence-corrected chi connectivity index (χ4v) is 3.35. The molecule has 9 N–H and O–H groups in total. The van der Waals surface area contributed by atoms with Crippen LogP contribution in [0, 0.1) is 0 Å². The quantitative estimate of drug-likeness (QED) is 0.345. The summed E-state index contributed by atoms with van der Waals surface area (Å²) in [5.74, 6) is -0.926. The maximum atomic E-state index is 13.2. The van der Waals surface area contributed by atoms with Gasteiger partial charge in [0.05, 0.1) is 33.6 Å². The number of benzene rings is 3. The molecule has 0 saturated heterocycles. The number of carbonyl (C=O) groups is 2. The average Bonchev–Trinajstić information content (AvgIpc) is 2.65. The lowest BCUT2D eigenvalue weighted by Crippen LogP contribution is -2.26. The molecule has 1 aliphatic carbocycles. The Hall–Kier alpha value is -4.00. The fourth-order valence-electron chi connectivity index (χ4n) is 3.35. The third-order valence-corrected chi connectivity index (χ3v) is 4.63. The lowest BCUT2D eigenvalue weighted by Gasteiger charge is -2.24. The summed E-state index contributed by atoms with van der Waals surface area (Å²) < 4.78 is 0. The van der Waals surface area contributed by atoms with Crippen LogP contribution in [0.4, 0.5) is 34.1 Å². The molecule has 0 amide bonds. The number of nitrogens with two attached hydrogens (primary N) is 4. The predicted molar refractivity (Wildman–Crippen MR) is 107 cm³/mol. The second-order valence-corrected chi connectivity index (χ2v) is 6.32. The van der Waals surface area contributed by atoms with Gasteiger partial charge in [-0.25, -0.2) is 0 Å². The van der Waals surface area contributed by atoms with Gasteiger partial charge < -0.3 is 28.3 Å². The molecule has 0 radical (unpaired) electrons. The molecular formula is C20H17N5O2. The highest BCUT2D eigenvalue weighted by Gasteiger charge is 2.37. The van der Waals surface area contributed by atoms with Crippen LogP contribution >= 0.6 is 0 Å². The average molecular weight is 359 g/mol. The second-order valence-electron chi connectivity index (χ2n) is 6.32. The van der Waals surface area contributed by atoms with E-state index in [2.05, 4.69) is 5.32 Å². The Balaban J connectivity index is 1.94. The lowest BCUT2D eigenvalue weighted by molar-refractivity contribution is 0.0981. The minimum atomic E-state index is -0.467. The SMILES string of the molecule is Nc1ccc(N)c2c1C(=O)c1c(N)cc(Nc3ccccc3)c(N)c1C2=O. The molecule has 3 aromatic rings. The Morgan fingerprint density at radius 1 is 0.630 bits per heavy atom. The number of carbonyl (C=O) groups excluding carboxylic acids is 2. The number of hydrogen-bond acceptors (Lipinski definition) is 7. The summed E-state index contributed by atoms with van der Waals surface area (Å²) in [6.07, 6.45) is 0. The van der Waals surface area contributed by atoms with Crippen LogP contribution in [0.3, 0.4) is 0 Å². The molecule has 7 nitrogen and oxygen atoms in total. The van der Waals surface area contributed by atoms with Crippen LogP contribution < -0.4 is 28.3 Å². The van der Waals surface area contributed by atoms with Crippen LogP contribution in [-0.2, 0) is 0 Å². The Morgan fingerprint density at radius 3 is 1.74 bits per heavy atom. The molecule has 0 aromatic heterocycles. The third-order valence-electron chi connectivity index (χ3n) is 4.63. The molecule has 0 heterocycles. The van der Waals surface area contributed by atoms with E-state index in [4.69, 9.17) is 22.9 Å². The van der Waals surface area contributed by atoms with Crippen molar-refractivity contribution in [1.82, 2.24) is 0 Å². The van der Waals surface area contributed by atoms with Crippen molar-refractivity contribution >= 4 is 45.7 Å². The molecule has 0 bridgehead atoms. The molecule has 0 atom stereocenters. The summed E-state index contributed by atoms with van der Waals surface area (Å²) in [5, 5.41) is 3.12. The largest absolute Gasteiger partial charge is 0.398 e. The van der Waals surface area contributed by atoms with Gasteiger partial charge >= 0.3 is 0 Å². The summed E-state index contributed by atoms with van der Waals surface area (Å²) in [6.45, 7) is 0. The van der Waals surface area contributed by atoms with Gasteiger partial charge in [0.15, 0.2) is 11.6 Å². The van der Waals surface area contributed by atoms with E-state index in [1.54, 1.807) is 6.07 Å². The first-order chi connectivity index (χ1) is 12.9. The zero-order valence-corrected chi connectivity index (χ0v) is 14.2. The number of para-hydroxylation sites is 1. The van der Waals surface area contributed by atoms with Gasteiger partial charge in [0.2, 0.25) is 0 Å². The van der Waals surface area contributed by atoms with Crippen LogP contribution in [0.2, 0.25) is 0 Å². The monoisotopic (exact) mass is 359 g/mol. The molecule has 3 aromatic carbocycles. The summed E-state index contributed by atoms with van der Waals surface area (Å²) in [5.41, 5.74) is 26.3. The van der Waals surface area contributed by atoms with Gasteiger partial charge in [0, 0.05) is 22.7 Å². The van der Waals surface area contributed by atoms with Gasteiger partial charge in [-0.1, -0.05) is 18.2 Å². The van der Waals surface area contributed by atoms with E-state index in [9.17, 15) is 9.59 Å². The van der Waals surface area contributed by atoms with E-state index >= 15 is 0 Å². The maximum Gasteiger partial charge on any atom is 0.198 e. The first-order valence-corrected chi connectivity index (χ1v) is 8.21. The normalized spacial score (nSPS) is 12.4. The minimum absolute atomic E-state index is 0.0447. The van der Waals surface area contributed by atoms with Crippen molar-refractivity contribution < 1.29 is 9.59 Å². The summed E-state index contributed by atoms with van der Waals surface area (Å²) in [4.78, 5) is 26.2. The van der Waals surface area contributed by atoms with Crippen molar-refractivity contribution in [2.45, 2.75) is 0 Å². The Morgan fingerprint density at radius 2 is 1.15 bits per heavy atom. The second kappa shape index (κ2) is 5.77. The molecule has 0 saturated carbocycles.